The van der Waals surface area contributed by atoms with Gasteiger partial charge in [0.1, 0.15) is 11.7 Å². The summed E-state index contributed by atoms with van der Waals surface area (Å²) in [5.74, 6) is 0. The molecule has 7 atom stereocenters. The van der Waals surface area contributed by atoms with Crippen LogP contribution >= 0.6 is 43.5 Å². The van der Waals surface area contributed by atoms with Crippen molar-refractivity contribution in [3.63, 3.8) is 0 Å². The van der Waals surface area contributed by atoms with Crippen LogP contribution in [0.3, 0.4) is 0 Å². The Morgan fingerprint density at radius 2 is 1.75 bits per heavy atom. The van der Waals surface area contributed by atoms with Gasteiger partial charge >= 0.3 is 0 Å². The molecule has 1 spiro atoms. The standard InChI is InChI=1S/C15H23Br2ClO2/c1-12(2)10(17)9(19)11-14(4,20-11)15(12)6-5-13(3,18)8(16)7-15/h8-11,19H,5-7H2,1-4H3/t8-,9+,10+,11-,13-,14-,15+/m0/s1. The molecular formula is C15H23Br2ClO2. The van der Waals surface area contributed by atoms with Crippen LogP contribution in [0.25, 0.3) is 0 Å². The van der Waals surface area contributed by atoms with Gasteiger partial charge in [0.05, 0.1) is 11.0 Å². The molecular weight excluding hydrogens is 407 g/mol. The van der Waals surface area contributed by atoms with Crippen molar-refractivity contribution in [3.8, 4) is 0 Å². The Kier molecular flexibility index (Phi) is 3.51. The summed E-state index contributed by atoms with van der Waals surface area (Å²) in [6.07, 6.45) is 2.53. The first-order valence-corrected chi connectivity index (χ1v) is 9.53. The Hall–Kier alpha value is 1.17. The van der Waals surface area contributed by atoms with E-state index in [4.69, 9.17) is 16.3 Å². The molecule has 1 heterocycles. The molecule has 2 saturated carbocycles. The number of hydrogen-bond donors (Lipinski definition) is 1. The van der Waals surface area contributed by atoms with Crippen molar-refractivity contribution >= 4 is 43.5 Å². The second kappa shape index (κ2) is 4.37. The summed E-state index contributed by atoms with van der Waals surface area (Å²) in [6.45, 7) is 8.81. The van der Waals surface area contributed by atoms with Crippen LogP contribution in [0.4, 0.5) is 0 Å². The van der Waals surface area contributed by atoms with E-state index in [1.807, 2.05) is 0 Å². The first-order valence-electron chi connectivity index (χ1n) is 7.33. The molecule has 0 amide bonds. The molecule has 20 heavy (non-hydrogen) atoms. The summed E-state index contributed by atoms with van der Waals surface area (Å²) in [7, 11) is 0. The highest BCUT2D eigenvalue weighted by molar-refractivity contribution is 9.09. The number of epoxide rings is 1. The zero-order valence-corrected chi connectivity index (χ0v) is 16.3. The molecule has 0 bridgehead atoms. The Balaban J connectivity index is 2.03. The minimum absolute atomic E-state index is 0.0423. The third kappa shape index (κ3) is 1.75. The van der Waals surface area contributed by atoms with E-state index in [2.05, 4.69) is 59.6 Å². The van der Waals surface area contributed by atoms with Crippen LogP contribution < -0.4 is 0 Å². The number of aliphatic hydroxyl groups excluding tert-OH is 1. The Bertz CT molecular complexity index is 442. The number of rotatable bonds is 0. The monoisotopic (exact) mass is 428 g/mol. The van der Waals surface area contributed by atoms with Gasteiger partial charge in [-0.2, -0.15) is 0 Å². The lowest BCUT2D eigenvalue weighted by molar-refractivity contribution is -0.0770. The molecule has 1 saturated heterocycles. The van der Waals surface area contributed by atoms with Crippen LogP contribution in [0.2, 0.25) is 0 Å². The second-order valence-corrected chi connectivity index (χ2v) is 10.7. The van der Waals surface area contributed by atoms with E-state index in [0.717, 1.165) is 19.3 Å². The van der Waals surface area contributed by atoms with E-state index in [9.17, 15) is 5.11 Å². The van der Waals surface area contributed by atoms with Gasteiger partial charge in [0.15, 0.2) is 0 Å². The van der Waals surface area contributed by atoms with Crippen LogP contribution in [0.5, 0.6) is 0 Å². The number of halogens is 3. The van der Waals surface area contributed by atoms with Gasteiger partial charge in [-0.05, 0) is 38.5 Å². The predicted molar refractivity (Wildman–Crippen MR) is 89.0 cm³/mol. The molecule has 0 unspecified atom stereocenters. The summed E-state index contributed by atoms with van der Waals surface area (Å²) in [6, 6.07) is 0. The lowest BCUT2D eigenvalue weighted by atomic mass is 9.47. The van der Waals surface area contributed by atoms with Crippen molar-refractivity contribution in [2.75, 3.05) is 0 Å². The van der Waals surface area contributed by atoms with Gasteiger partial charge < -0.3 is 9.84 Å². The van der Waals surface area contributed by atoms with Crippen molar-refractivity contribution in [2.24, 2.45) is 10.8 Å². The van der Waals surface area contributed by atoms with Crippen LogP contribution in [-0.4, -0.2) is 37.4 Å². The quantitative estimate of drug-likeness (QED) is 0.461. The highest BCUT2D eigenvalue weighted by Crippen LogP contribution is 2.72. The molecule has 1 N–H and O–H groups in total. The molecule has 116 valence electrons. The normalized spacial score (nSPS) is 61.2. The average molecular weight is 431 g/mol. The van der Waals surface area contributed by atoms with Gasteiger partial charge in [0.2, 0.25) is 0 Å². The largest absolute Gasteiger partial charge is 0.389 e. The van der Waals surface area contributed by atoms with Crippen molar-refractivity contribution in [2.45, 2.75) is 79.3 Å². The first-order chi connectivity index (χ1) is 9.00. The molecule has 0 aromatic rings. The van der Waals surface area contributed by atoms with Crippen molar-refractivity contribution in [1.82, 2.24) is 0 Å². The lowest BCUT2D eigenvalue weighted by Crippen LogP contribution is -2.64. The molecule has 1 aliphatic heterocycles. The van der Waals surface area contributed by atoms with Crippen molar-refractivity contribution < 1.29 is 9.84 Å². The fourth-order valence-electron chi connectivity index (χ4n) is 4.77. The maximum atomic E-state index is 10.5. The van der Waals surface area contributed by atoms with Gasteiger partial charge in [0.25, 0.3) is 0 Å². The van der Waals surface area contributed by atoms with Gasteiger partial charge in [-0.15, -0.1) is 11.6 Å². The summed E-state index contributed by atoms with van der Waals surface area (Å²) in [4.78, 5) is 0.121. The number of ether oxygens (including phenoxy) is 1. The van der Waals surface area contributed by atoms with E-state index >= 15 is 0 Å². The second-order valence-electron chi connectivity index (χ2n) is 7.79. The Morgan fingerprint density at radius 3 is 2.30 bits per heavy atom. The molecule has 2 nitrogen and oxygen atoms in total. The fraction of sp³-hybridized carbons (Fsp3) is 1.00. The molecule has 3 fully saturated rings. The summed E-state index contributed by atoms with van der Waals surface area (Å²) >= 11 is 14.2. The zero-order valence-electron chi connectivity index (χ0n) is 12.4. The number of aliphatic hydroxyl groups is 1. The molecule has 0 aromatic carbocycles. The maximum Gasteiger partial charge on any atom is 0.115 e. The van der Waals surface area contributed by atoms with E-state index in [1.54, 1.807) is 0 Å². The van der Waals surface area contributed by atoms with Crippen molar-refractivity contribution in [1.29, 1.82) is 0 Å². The van der Waals surface area contributed by atoms with E-state index < -0.39 is 6.10 Å². The van der Waals surface area contributed by atoms with E-state index in [-0.39, 0.29) is 37.1 Å². The third-order valence-electron chi connectivity index (χ3n) is 6.56. The van der Waals surface area contributed by atoms with Crippen LogP contribution in [0.1, 0.15) is 47.0 Å². The SMILES string of the molecule is CC1(C)[C@H](Br)[C@@H](O)[C@@H]2O[C@]2(C)[C@@]12CC[C@](C)(Cl)[C@@H](Br)C2. The van der Waals surface area contributed by atoms with E-state index in [0.29, 0.717) is 0 Å². The van der Waals surface area contributed by atoms with Gasteiger partial charge in [-0.1, -0.05) is 45.7 Å². The third-order valence-corrected chi connectivity index (χ3v) is 10.3. The van der Waals surface area contributed by atoms with Crippen LogP contribution in [0, 0.1) is 10.8 Å². The minimum Gasteiger partial charge on any atom is -0.389 e. The average Bonchev–Trinajstić information content (AvgIpc) is 3.03. The lowest BCUT2D eigenvalue weighted by Gasteiger charge is -2.60. The first kappa shape index (κ1) is 16.0. The van der Waals surface area contributed by atoms with Gasteiger partial charge in [-0.25, -0.2) is 0 Å². The molecule has 5 heteroatoms. The van der Waals surface area contributed by atoms with Crippen LogP contribution in [0.15, 0.2) is 0 Å². The number of fused-ring (bicyclic) bond motifs is 2. The topological polar surface area (TPSA) is 32.8 Å². The molecule has 0 aromatic heterocycles. The van der Waals surface area contributed by atoms with Gasteiger partial charge in [0, 0.05) is 15.1 Å². The highest BCUT2D eigenvalue weighted by Gasteiger charge is 2.78. The highest BCUT2D eigenvalue weighted by atomic mass is 79.9. The maximum absolute atomic E-state index is 10.5. The fourth-order valence-corrected chi connectivity index (χ4v) is 6.43. The predicted octanol–water partition coefficient (Wildman–Crippen LogP) is 4.24. The Labute approximate surface area is 143 Å². The van der Waals surface area contributed by atoms with Gasteiger partial charge in [-0.3, -0.25) is 0 Å². The molecule has 2 aliphatic carbocycles. The number of hydrogen-bond acceptors (Lipinski definition) is 2. The Morgan fingerprint density at radius 1 is 1.15 bits per heavy atom. The zero-order chi connectivity index (χ0) is 15.1. The summed E-state index contributed by atoms with van der Waals surface area (Å²) in [5.41, 5.74) is -0.228. The summed E-state index contributed by atoms with van der Waals surface area (Å²) in [5, 5.41) is 10.5. The summed E-state index contributed by atoms with van der Waals surface area (Å²) < 4.78 is 6.05. The number of alkyl halides is 3. The van der Waals surface area contributed by atoms with E-state index in [1.165, 1.54) is 0 Å². The van der Waals surface area contributed by atoms with Crippen molar-refractivity contribution in [3.05, 3.63) is 0 Å². The molecule has 3 aliphatic rings. The minimum atomic E-state index is -0.432. The smallest absolute Gasteiger partial charge is 0.115 e. The molecule has 0 radical (unpaired) electrons. The van der Waals surface area contributed by atoms with Crippen LogP contribution in [-0.2, 0) is 4.74 Å². The molecule has 3 rings (SSSR count).